The first-order valence-corrected chi connectivity index (χ1v) is 13.2. The summed E-state index contributed by atoms with van der Waals surface area (Å²) < 4.78 is 43.0. The van der Waals surface area contributed by atoms with Gasteiger partial charge < -0.3 is 16.4 Å². The van der Waals surface area contributed by atoms with E-state index in [9.17, 15) is 22.8 Å². The maximum absolute atomic E-state index is 13.9. The van der Waals surface area contributed by atoms with E-state index >= 15 is 0 Å². The Kier molecular flexibility index (Phi) is 7.42. The molecule has 2 atom stereocenters. The fraction of sp³-hybridized carbons (Fsp3) is 0.607. The predicted octanol–water partition coefficient (Wildman–Crippen LogP) is 5.50. The number of ketones is 1. The number of rotatable bonds is 6. The average Bonchev–Trinajstić information content (AvgIpc) is 3.17. The number of nitrogens with zero attached hydrogens (tertiary/aromatic N) is 2. The number of Topliss-reactive ketones (excluding diaryl/α,β-unsaturated/α-hetero) is 1. The number of halogens is 3. The lowest BCUT2D eigenvalue weighted by Gasteiger charge is -2.36. The van der Waals surface area contributed by atoms with Crippen LogP contribution in [0.4, 0.5) is 18.9 Å². The minimum Gasteiger partial charge on any atom is -0.380 e. The number of hydrogen-bond donors (Lipinski definition) is 3. The lowest BCUT2D eigenvalue weighted by molar-refractivity contribution is -0.141. The normalized spacial score (nSPS) is 21.7. The number of nitrogens with one attached hydrogen (secondary N) is 2. The van der Waals surface area contributed by atoms with Crippen LogP contribution in [0.2, 0.25) is 0 Å². The summed E-state index contributed by atoms with van der Waals surface area (Å²) in [4.78, 5) is 25.1. The molecule has 4 N–H and O–H groups in total. The second kappa shape index (κ2) is 10.0. The molecule has 1 aromatic heterocycles. The topological polar surface area (TPSA) is 102 Å². The molecule has 4 rings (SSSR count). The lowest BCUT2D eigenvalue weighted by atomic mass is 9.75. The molecule has 0 spiro atoms. The Hall–Kier alpha value is -2.88. The summed E-state index contributed by atoms with van der Waals surface area (Å²) in [5.41, 5.74) is 5.01. The van der Waals surface area contributed by atoms with Gasteiger partial charge in [0, 0.05) is 30.7 Å². The molecule has 7 nitrogen and oxygen atoms in total. The van der Waals surface area contributed by atoms with Gasteiger partial charge in [-0.2, -0.15) is 18.3 Å². The first-order chi connectivity index (χ1) is 17.6. The molecule has 1 fully saturated rings. The van der Waals surface area contributed by atoms with Gasteiger partial charge in [-0.15, -0.1) is 0 Å². The molecule has 1 amide bonds. The molecule has 0 aliphatic heterocycles. The van der Waals surface area contributed by atoms with E-state index in [1.54, 1.807) is 6.07 Å². The lowest BCUT2D eigenvalue weighted by Crippen LogP contribution is -2.48. The summed E-state index contributed by atoms with van der Waals surface area (Å²) in [6.45, 7) is 11.0. The first-order valence-electron chi connectivity index (χ1n) is 13.2. The van der Waals surface area contributed by atoms with Crippen molar-refractivity contribution in [3.8, 4) is 5.69 Å². The highest BCUT2D eigenvalue weighted by Crippen LogP contribution is 2.42. The monoisotopic (exact) mass is 533 g/mol. The Bertz CT molecular complexity index is 1230. The second-order valence-electron chi connectivity index (χ2n) is 12.7. The van der Waals surface area contributed by atoms with Gasteiger partial charge in [0.2, 0.25) is 0 Å². The van der Waals surface area contributed by atoms with E-state index in [-0.39, 0.29) is 47.2 Å². The maximum Gasteiger partial charge on any atom is 0.435 e. The third kappa shape index (κ3) is 6.06. The Morgan fingerprint density at radius 3 is 2.39 bits per heavy atom. The second-order valence-corrected chi connectivity index (χ2v) is 12.7. The molecule has 2 aromatic rings. The molecule has 208 valence electrons. The van der Waals surface area contributed by atoms with Crippen LogP contribution in [0.1, 0.15) is 98.8 Å². The van der Waals surface area contributed by atoms with Crippen molar-refractivity contribution >= 4 is 17.4 Å². The number of nitrogens with two attached hydrogens (primary N) is 1. The van der Waals surface area contributed by atoms with Gasteiger partial charge in [-0.25, -0.2) is 4.68 Å². The summed E-state index contributed by atoms with van der Waals surface area (Å²) in [5, 5.41) is 11.0. The van der Waals surface area contributed by atoms with Crippen LogP contribution in [-0.4, -0.2) is 40.1 Å². The zero-order chi connectivity index (χ0) is 28.0. The van der Waals surface area contributed by atoms with Crippen molar-refractivity contribution in [3.05, 3.63) is 40.7 Å². The fourth-order valence-electron chi connectivity index (χ4n) is 5.54. The Morgan fingerprint density at radius 2 is 1.79 bits per heavy atom. The zero-order valence-corrected chi connectivity index (χ0v) is 22.8. The third-order valence-electron chi connectivity index (χ3n) is 7.33. The number of benzene rings is 1. The summed E-state index contributed by atoms with van der Waals surface area (Å²) in [5.74, 6) is -1.19. The van der Waals surface area contributed by atoms with Crippen LogP contribution in [0, 0.1) is 10.8 Å². The average molecular weight is 534 g/mol. The number of aromatic nitrogens is 2. The smallest absolute Gasteiger partial charge is 0.380 e. The molecule has 2 aliphatic rings. The van der Waals surface area contributed by atoms with Crippen molar-refractivity contribution in [1.29, 1.82) is 0 Å². The van der Waals surface area contributed by atoms with E-state index in [1.165, 1.54) is 16.8 Å². The van der Waals surface area contributed by atoms with Crippen LogP contribution in [0.15, 0.2) is 18.2 Å². The molecule has 0 radical (unpaired) electrons. The van der Waals surface area contributed by atoms with E-state index in [1.807, 2.05) is 13.8 Å². The molecule has 2 unspecified atom stereocenters. The molecule has 1 heterocycles. The Labute approximate surface area is 221 Å². The van der Waals surface area contributed by atoms with E-state index in [4.69, 9.17) is 5.73 Å². The molecule has 1 aromatic carbocycles. The quantitative estimate of drug-likeness (QED) is 0.455. The standard InChI is InChI=1S/C28H38F3N5O2/c1-26(2,3)15-33-18-8-6-7-9-19(18)34-20-12-16(10-11-17(20)25(32)38)36-21-13-27(4,5)14-22(37)23(21)24(35-36)28(29,30)31/h10-12,18-19,33-34H,6-9,13-15H2,1-5H3,(H2,32,38). The van der Waals surface area contributed by atoms with E-state index < -0.39 is 29.0 Å². The van der Waals surface area contributed by atoms with Crippen molar-refractivity contribution in [2.75, 3.05) is 11.9 Å². The number of carbonyl (C=O) groups excluding carboxylic acids is 2. The van der Waals surface area contributed by atoms with Gasteiger partial charge in [-0.3, -0.25) is 9.59 Å². The predicted molar refractivity (Wildman–Crippen MR) is 141 cm³/mol. The molecule has 0 bridgehead atoms. The van der Waals surface area contributed by atoms with E-state index in [2.05, 4.69) is 36.5 Å². The highest BCUT2D eigenvalue weighted by Gasteiger charge is 2.45. The van der Waals surface area contributed by atoms with Gasteiger partial charge in [-0.05, 0) is 48.3 Å². The number of hydrogen-bond acceptors (Lipinski definition) is 5. The number of primary amides is 1. The summed E-state index contributed by atoms with van der Waals surface area (Å²) in [6.07, 6.45) is -0.525. The fourth-order valence-corrected chi connectivity index (χ4v) is 5.54. The largest absolute Gasteiger partial charge is 0.435 e. The van der Waals surface area contributed by atoms with Crippen LogP contribution in [0.25, 0.3) is 5.69 Å². The number of carbonyl (C=O) groups is 2. The summed E-state index contributed by atoms with van der Waals surface area (Å²) >= 11 is 0. The number of alkyl halides is 3. The molecular weight excluding hydrogens is 495 g/mol. The van der Waals surface area contributed by atoms with Crippen LogP contribution in [-0.2, 0) is 12.6 Å². The molecular formula is C28H38F3N5O2. The molecule has 0 saturated heterocycles. The van der Waals surface area contributed by atoms with Crippen LogP contribution in [0.3, 0.4) is 0 Å². The van der Waals surface area contributed by atoms with Gasteiger partial charge in [0.05, 0.1) is 22.5 Å². The van der Waals surface area contributed by atoms with Crippen molar-refractivity contribution < 1.29 is 22.8 Å². The van der Waals surface area contributed by atoms with Crippen LogP contribution < -0.4 is 16.4 Å². The minimum atomic E-state index is -4.77. The van der Waals surface area contributed by atoms with Crippen molar-refractivity contribution in [3.63, 3.8) is 0 Å². The van der Waals surface area contributed by atoms with Gasteiger partial charge in [0.1, 0.15) is 0 Å². The maximum atomic E-state index is 13.9. The van der Waals surface area contributed by atoms with Gasteiger partial charge in [-0.1, -0.05) is 47.5 Å². The van der Waals surface area contributed by atoms with Gasteiger partial charge in [0.15, 0.2) is 11.5 Å². The number of fused-ring (bicyclic) bond motifs is 1. The first kappa shape index (κ1) is 28.1. The van der Waals surface area contributed by atoms with Crippen molar-refractivity contribution in [1.82, 2.24) is 15.1 Å². The van der Waals surface area contributed by atoms with E-state index in [0.29, 0.717) is 11.4 Å². The Balaban J connectivity index is 1.76. The van der Waals surface area contributed by atoms with Crippen LogP contribution >= 0.6 is 0 Å². The van der Waals surface area contributed by atoms with Gasteiger partial charge >= 0.3 is 6.18 Å². The molecule has 1 saturated carbocycles. The molecule has 38 heavy (non-hydrogen) atoms. The van der Waals surface area contributed by atoms with Crippen molar-refractivity contribution in [2.24, 2.45) is 16.6 Å². The number of amides is 1. The summed E-state index contributed by atoms with van der Waals surface area (Å²) in [6, 6.07) is 4.84. The zero-order valence-electron chi connectivity index (χ0n) is 22.8. The minimum absolute atomic E-state index is 0.0113. The molecule has 2 aliphatic carbocycles. The van der Waals surface area contributed by atoms with E-state index in [0.717, 1.165) is 32.2 Å². The number of anilines is 1. The SMILES string of the molecule is CC(C)(C)CNC1CCCCC1Nc1cc(-n2nc(C(F)(F)F)c3c2CC(C)(C)CC3=O)ccc1C(N)=O. The third-order valence-corrected chi connectivity index (χ3v) is 7.33. The van der Waals surface area contributed by atoms with Gasteiger partial charge in [0.25, 0.3) is 5.91 Å². The van der Waals surface area contributed by atoms with Crippen LogP contribution in [0.5, 0.6) is 0 Å². The van der Waals surface area contributed by atoms with Crippen molar-refractivity contribution in [2.45, 2.75) is 91.4 Å². The Morgan fingerprint density at radius 1 is 1.13 bits per heavy atom. The summed E-state index contributed by atoms with van der Waals surface area (Å²) in [7, 11) is 0. The highest BCUT2D eigenvalue weighted by atomic mass is 19.4. The molecule has 10 heteroatoms. The highest BCUT2D eigenvalue weighted by molar-refractivity contribution is 6.00.